The molecule has 0 amide bonds. The fourth-order valence-corrected chi connectivity index (χ4v) is 8.53. The number of hydrogen-bond donors (Lipinski definition) is 0. The van der Waals surface area contributed by atoms with Crippen LogP contribution in [0.1, 0.15) is 27.8 Å². The fraction of sp³-hybridized carbons (Fsp3) is 0.0185. The van der Waals surface area contributed by atoms with Crippen molar-refractivity contribution in [3.8, 4) is 73.4 Å². The molecule has 0 aliphatic heterocycles. The van der Waals surface area contributed by atoms with Gasteiger partial charge >= 0.3 is 0 Å². The van der Waals surface area contributed by atoms with Crippen molar-refractivity contribution in [1.82, 2.24) is 9.97 Å². The van der Waals surface area contributed by atoms with Crippen LogP contribution in [0.25, 0.3) is 67.3 Å². The predicted octanol–water partition coefficient (Wildman–Crippen LogP) is 13.0. The van der Waals surface area contributed by atoms with Gasteiger partial charge in [-0.2, -0.15) is 5.26 Å². The number of benzene rings is 8. The number of aromatic nitrogens is 2. The van der Waals surface area contributed by atoms with Crippen LogP contribution in [0.15, 0.2) is 212 Å². The van der Waals surface area contributed by atoms with Gasteiger partial charge in [0.05, 0.1) is 28.4 Å². The zero-order chi connectivity index (χ0) is 38.2. The fourth-order valence-electron chi connectivity index (χ4n) is 8.53. The molecule has 0 spiro atoms. The number of rotatable bonds is 7. The van der Waals surface area contributed by atoms with Gasteiger partial charge in [0.25, 0.3) is 0 Å². The van der Waals surface area contributed by atoms with Gasteiger partial charge in [0.1, 0.15) is 0 Å². The minimum absolute atomic E-state index is 0.598. The van der Waals surface area contributed by atoms with Crippen molar-refractivity contribution in [2.45, 2.75) is 5.41 Å². The smallest absolute Gasteiger partial charge is 0.160 e. The molecule has 0 atom stereocenters. The minimum atomic E-state index is -0.598. The Morgan fingerprint density at radius 2 is 0.789 bits per heavy atom. The molecule has 9 aromatic rings. The number of fused-ring (bicyclic) bond motifs is 3. The minimum Gasteiger partial charge on any atom is -0.228 e. The highest BCUT2D eigenvalue weighted by Crippen LogP contribution is 2.56. The molecule has 266 valence electrons. The van der Waals surface area contributed by atoms with Crippen LogP contribution >= 0.6 is 0 Å². The summed E-state index contributed by atoms with van der Waals surface area (Å²) in [4.78, 5) is 10.3. The van der Waals surface area contributed by atoms with E-state index in [-0.39, 0.29) is 0 Å². The molecule has 0 unspecified atom stereocenters. The van der Waals surface area contributed by atoms with E-state index in [0.29, 0.717) is 11.4 Å². The molecule has 3 heteroatoms. The number of hydrogen-bond acceptors (Lipinski definition) is 3. The molecule has 0 saturated heterocycles. The van der Waals surface area contributed by atoms with Crippen LogP contribution in [0.3, 0.4) is 0 Å². The standard InChI is InChI=1S/C54H35N3/c55-36-37-25-27-38(28-26-37)39-29-31-40(32-30-39)43-17-11-19-45(33-43)54(49-23-9-7-21-47(49)48-22-8-10-24-50(48)54)46-20-12-18-44(34-46)52-35-51(41-13-3-1-4-14-41)56-53(57-52)42-15-5-2-6-16-42/h1-35H. The molecule has 57 heavy (non-hydrogen) atoms. The molecular weight excluding hydrogens is 691 g/mol. The summed E-state index contributed by atoms with van der Waals surface area (Å²) >= 11 is 0. The van der Waals surface area contributed by atoms with E-state index in [2.05, 4.69) is 170 Å². The lowest BCUT2D eigenvalue weighted by Gasteiger charge is -2.34. The molecular formula is C54H35N3. The van der Waals surface area contributed by atoms with Crippen LogP contribution in [-0.2, 0) is 5.41 Å². The zero-order valence-electron chi connectivity index (χ0n) is 31.0. The van der Waals surface area contributed by atoms with Gasteiger partial charge in [0, 0.05) is 16.7 Å². The topological polar surface area (TPSA) is 49.6 Å². The van der Waals surface area contributed by atoms with E-state index >= 15 is 0 Å². The highest BCUT2D eigenvalue weighted by Gasteiger charge is 2.46. The Labute approximate surface area is 332 Å². The Kier molecular flexibility index (Phi) is 8.43. The normalized spacial score (nSPS) is 12.3. The predicted molar refractivity (Wildman–Crippen MR) is 231 cm³/mol. The molecule has 0 bridgehead atoms. The second-order valence-electron chi connectivity index (χ2n) is 14.5. The molecule has 1 aliphatic rings. The van der Waals surface area contributed by atoms with Crippen LogP contribution in [0, 0.1) is 11.3 Å². The zero-order valence-corrected chi connectivity index (χ0v) is 31.0. The van der Waals surface area contributed by atoms with E-state index in [4.69, 9.17) is 9.97 Å². The second kappa shape index (κ2) is 14.2. The van der Waals surface area contributed by atoms with Crippen LogP contribution in [0.2, 0.25) is 0 Å². The first-order chi connectivity index (χ1) is 28.2. The van der Waals surface area contributed by atoms with Crippen molar-refractivity contribution in [3.63, 3.8) is 0 Å². The molecule has 1 aliphatic carbocycles. The summed E-state index contributed by atoms with van der Waals surface area (Å²) in [6.45, 7) is 0. The molecule has 8 aromatic carbocycles. The van der Waals surface area contributed by atoms with Crippen molar-refractivity contribution in [3.05, 3.63) is 240 Å². The lowest BCUT2D eigenvalue weighted by molar-refractivity contribution is 0.769. The van der Waals surface area contributed by atoms with Gasteiger partial charge in [-0.15, -0.1) is 0 Å². The van der Waals surface area contributed by atoms with Crippen LogP contribution < -0.4 is 0 Å². The SMILES string of the molecule is N#Cc1ccc(-c2ccc(-c3cccc(C4(c5cccc(-c6cc(-c7ccccc7)nc(-c7ccccc7)n6)c5)c5ccccc5-c5ccccc54)c3)cc2)cc1. The lowest BCUT2D eigenvalue weighted by atomic mass is 9.67. The van der Waals surface area contributed by atoms with Crippen molar-refractivity contribution in [2.75, 3.05) is 0 Å². The first-order valence-corrected chi connectivity index (χ1v) is 19.2. The average Bonchev–Trinajstić information content (AvgIpc) is 3.61. The van der Waals surface area contributed by atoms with Gasteiger partial charge in [0.2, 0.25) is 0 Å². The third-order valence-electron chi connectivity index (χ3n) is 11.2. The van der Waals surface area contributed by atoms with E-state index in [1.54, 1.807) is 0 Å². The van der Waals surface area contributed by atoms with Gasteiger partial charge in [-0.25, -0.2) is 9.97 Å². The van der Waals surface area contributed by atoms with E-state index in [9.17, 15) is 5.26 Å². The molecule has 0 saturated carbocycles. The molecule has 1 heterocycles. The van der Waals surface area contributed by atoms with Crippen molar-refractivity contribution in [2.24, 2.45) is 0 Å². The maximum absolute atomic E-state index is 9.27. The Balaban J connectivity index is 1.15. The highest BCUT2D eigenvalue weighted by atomic mass is 14.9. The Morgan fingerprint density at radius 1 is 0.351 bits per heavy atom. The van der Waals surface area contributed by atoms with E-state index in [1.165, 1.54) is 33.4 Å². The van der Waals surface area contributed by atoms with Crippen molar-refractivity contribution in [1.29, 1.82) is 5.26 Å². The number of nitriles is 1. The van der Waals surface area contributed by atoms with Gasteiger partial charge in [0.15, 0.2) is 5.82 Å². The van der Waals surface area contributed by atoms with Gasteiger partial charge in [-0.1, -0.05) is 182 Å². The molecule has 3 nitrogen and oxygen atoms in total. The molecule has 0 N–H and O–H groups in total. The summed E-state index contributed by atoms with van der Waals surface area (Å²) in [7, 11) is 0. The summed E-state index contributed by atoms with van der Waals surface area (Å²) in [6, 6.07) is 77.1. The molecule has 10 rings (SSSR count). The third-order valence-corrected chi connectivity index (χ3v) is 11.2. The van der Waals surface area contributed by atoms with E-state index < -0.39 is 5.41 Å². The summed E-state index contributed by atoms with van der Waals surface area (Å²) in [6.07, 6.45) is 0. The van der Waals surface area contributed by atoms with Crippen molar-refractivity contribution < 1.29 is 0 Å². The maximum atomic E-state index is 9.27. The highest BCUT2D eigenvalue weighted by molar-refractivity contribution is 5.87. The monoisotopic (exact) mass is 725 g/mol. The van der Waals surface area contributed by atoms with E-state index in [0.717, 1.165) is 50.3 Å². The van der Waals surface area contributed by atoms with Crippen LogP contribution in [0.5, 0.6) is 0 Å². The second-order valence-corrected chi connectivity index (χ2v) is 14.5. The molecule has 1 aromatic heterocycles. The first kappa shape index (κ1) is 33.9. The largest absolute Gasteiger partial charge is 0.228 e. The summed E-state index contributed by atoms with van der Waals surface area (Å²) in [5.74, 6) is 0.696. The van der Waals surface area contributed by atoms with E-state index in [1.807, 2.05) is 48.5 Å². The van der Waals surface area contributed by atoms with Crippen LogP contribution in [-0.4, -0.2) is 9.97 Å². The Morgan fingerprint density at radius 3 is 1.37 bits per heavy atom. The molecule has 0 fully saturated rings. The Bertz CT molecular complexity index is 2840. The summed E-state index contributed by atoms with van der Waals surface area (Å²) in [5, 5.41) is 9.27. The quantitative estimate of drug-likeness (QED) is 0.164. The van der Waals surface area contributed by atoms with Gasteiger partial charge in [-0.05, 0) is 86.0 Å². The van der Waals surface area contributed by atoms with Gasteiger partial charge in [-0.3, -0.25) is 0 Å². The number of nitrogens with zero attached hydrogens (tertiary/aromatic N) is 3. The summed E-state index contributed by atoms with van der Waals surface area (Å²) < 4.78 is 0. The average molecular weight is 726 g/mol. The lowest BCUT2D eigenvalue weighted by Crippen LogP contribution is -2.28. The Hall–Kier alpha value is -7.67. The van der Waals surface area contributed by atoms with Crippen LogP contribution in [0.4, 0.5) is 0 Å². The summed E-state index contributed by atoms with van der Waals surface area (Å²) in [5.41, 5.74) is 16.7. The molecule has 0 radical (unpaired) electrons. The maximum Gasteiger partial charge on any atom is 0.160 e. The van der Waals surface area contributed by atoms with Crippen molar-refractivity contribution >= 4 is 0 Å². The third kappa shape index (κ3) is 5.92. The first-order valence-electron chi connectivity index (χ1n) is 19.2. The van der Waals surface area contributed by atoms with Gasteiger partial charge < -0.3 is 0 Å².